The van der Waals surface area contributed by atoms with Crippen LogP contribution in [-0.4, -0.2) is 63.9 Å². The molecule has 0 saturated carbocycles. The predicted octanol–water partition coefficient (Wildman–Crippen LogP) is 3.24. The Morgan fingerprint density at radius 3 is 2.71 bits per heavy atom. The molecule has 1 spiro atoms. The van der Waals surface area contributed by atoms with Crippen molar-refractivity contribution in [3.8, 4) is 0 Å². The summed E-state index contributed by atoms with van der Waals surface area (Å²) in [6.45, 7) is 5.46. The molecule has 2 aliphatic heterocycles. The fourth-order valence-corrected chi connectivity index (χ4v) is 5.81. The SMILES string of the molecule is CCOCCOC1CCOC2(CCN(S(=O)(=O)Cc3ccccc3Cl)CC2)C1. The van der Waals surface area contributed by atoms with Crippen LogP contribution in [0.3, 0.4) is 0 Å². The van der Waals surface area contributed by atoms with Crippen molar-refractivity contribution >= 4 is 21.6 Å². The minimum atomic E-state index is -3.40. The summed E-state index contributed by atoms with van der Waals surface area (Å²) in [4.78, 5) is 0. The Hall–Kier alpha value is -0.700. The monoisotopic (exact) mass is 431 g/mol. The second-order valence-corrected chi connectivity index (χ2v) is 9.84. The van der Waals surface area contributed by atoms with Crippen molar-refractivity contribution in [1.82, 2.24) is 4.31 Å². The summed E-state index contributed by atoms with van der Waals surface area (Å²) in [6, 6.07) is 7.10. The van der Waals surface area contributed by atoms with Crippen LogP contribution in [0.2, 0.25) is 5.02 Å². The van der Waals surface area contributed by atoms with Gasteiger partial charge < -0.3 is 14.2 Å². The Morgan fingerprint density at radius 2 is 2.00 bits per heavy atom. The highest BCUT2D eigenvalue weighted by Gasteiger charge is 2.42. The highest BCUT2D eigenvalue weighted by atomic mass is 35.5. The number of sulfonamides is 1. The van der Waals surface area contributed by atoms with Crippen LogP contribution < -0.4 is 0 Å². The number of hydrogen-bond acceptors (Lipinski definition) is 5. The van der Waals surface area contributed by atoms with Crippen molar-refractivity contribution in [3.05, 3.63) is 34.9 Å². The van der Waals surface area contributed by atoms with Gasteiger partial charge in [0.2, 0.25) is 10.0 Å². The third kappa shape index (κ3) is 5.68. The molecule has 1 unspecified atom stereocenters. The Morgan fingerprint density at radius 1 is 1.25 bits per heavy atom. The van der Waals surface area contributed by atoms with E-state index in [-0.39, 0.29) is 17.5 Å². The number of hydrogen-bond donors (Lipinski definition) is 0. The molecule has 158 valence electrons. The zero-order chi connectivity index (χ0) is 20.0. The van der Waals surface area contributed by atoms with Crippen molar-refractivity contribution < 1.29 is 22.6 Å². The molecule has 0 aliphatic carbocycles. The van der Waals surface area contributed by atoms with E-state index in [9.17, 15) is 8.42 Å². The Bertz CT molecular complexity index is 734. The molecule has 8 heteroatoms. The topological polar surface area (TPSA) is 65.1 Å². The third-order valence-electron chi connectivity index (χ3n) is 5.56. The van der Waals surface area contributed by atoms with Crippen LogP contribution >= 0.6 is 11.6 Å². The van der Waals surface area contributed by atoms with Crippen molar-refractivity contribution in [2.24, 2.45) is 0 Å². The molecule has 2 heterocycles. The maximum absolute atomic E-state index is 12.8. The Kier molecular flexibility index (Phi) is 7.75. The highest BCUT2D eigenvalue weighted by molar-refractivity contribution is 7.88. The van der Waals surface area contributed by atoms with E-state index in [1.807, 2.05) is 13.0 Å². The number of ether oxygens (including phenoxy) is 3. The van der Waals surface area contributed by atoms with E-state index in [0.717, 1.165) is 12.8 Å². The average molecular weight is 432 g/mol. The number of rotatable bonds is 8. The Balaban J connectivity index is 1.53. The highest BCUT2D eigenvalue weighted by Crippen LogP contribution is 2.37. The molecule has 0 bridgehead atoms. The molecule has 1 aromatic rings. The zero-order valence-corrected chi connectivity index (χ0v) is 18.0. The zero-order valence-electron chi connectivity index (χ0n) is 16.4. The van der Waals surface area contributed by atoms with Gasteiger partial charge in [0.05, 0.1) is 30.7 Å². The van der Waals surface area contributed by atoms with Crippen LogP contribution in [0, 0.1) is 0 Å². The molecule has 0 N–H and O–H groups in total. The molecule has 2 saturated heterocycles. The summed E-state index contributed by atoms with van der Waals surface area (Å²) in [5.41, 5.74) is 0.367. The molecule has 6 nitrogen and oxygen atoms in total. The van der Waals surface area contributed by atoms with Gasteiger partial charge in [-0.15, -0.1) is 0 Å². The maximum Gasteiger partial charge on any atom is 0.218 e. The maximum atomic E-state index is 12.8. The lowest BCUT2D eigenvalue weighted by Gasteiger charge is -2.45. The first-order valence-corrected chi connectivity index (χ1v) is 12.0. The molecule has 0 radical (unpaired) electrons. The van der Waals surface area contributed by atoms with Crippen molar-refractivity contribution in [1.29, 1.82) is 0 Å². The molecule has 2 aliphatic rings. The van der Waals surface area contributed by atoms with Gasteiger partial charge in [0.15, 0.2) is 0 Å². The van der Waals surface area contributed by atoms with Gasteiger partial charge in [0, 0.05) is 37.7 Å². The van der Waals surface area contributed by atoms with E-state index in [1.54, 1.807) is 22.5 Å². The van der Waals surface area contributed by atoms with Gasteiger partial charge in [-0.1, -0.05) is 29.8 Å². The van der Waals surface area contributed by atoms with Crippen molar-refractivity contribution in [3.63, 3.8) is 0 Å². The second-order valence-electron chi connectivity index (χ2n) is 7.46. The summed E-state index contributed by atoms with van der Waals surface area (Å²) >= 11 is 6.14. The van der Waals surface area contributed by atoms with Gasteiger partial charge in [-0.2, -0.15) is 0 Å². The summed E-state index contributed by atoms with van der Waals surface area (Å²) in [6.07, 6.45) is 3.24. The first kappa shape index (κ1) is 22.0. The number of halogens is 1. The first-order chi connectivity index (χ1) is 13.4. The van der Waals surface area contributed by atoms with E-state index >= 15 is 0 Å². The molecule has 0 aromatic heterocycles. The molecule has 0 amide bonds. The van der Waals surface area contributed by atoms with E-state index in [2.05, 4.69) is 0 Å². The Labute approximate surface area is 173 Å². The summed E-state index contributed by atoms with van der Waals surface area (Å²) in [7, 11) is -3.40. The standard InChI is InChI=1S/C20H30ClNO5S/c1-2-25-13-14-26-18-7-12-27-20(15-18)8-10-22(11-9-20)28(23,24)16-17-5-3-4-6-19(17)21/h3-6,18H,2,7-16H2,1H3. The predicted molar refractivity (Wildman–Crippen MR) is 109 cm³/mol. The molecule has 1 atom stereocenters. The van der Waals surface area contributed by atoms with Crippen LogP contribution in [0.15, 0.2) is 24.3 Å². The largest absolute Gasteiger partial charge is 0.379 e. The normalized spacial score (nSPS) is 23.1. The fourth-order valence-electron chi connectivity index (χ4n) is 3.97. The lowest BCUT2D eigenvalue weighted by atomic mass is 9.84. The van der Waals surface area contributed by atoms with E-state index in [4.69, 9.17) is 25.8 Å². The summed E-state index contributed by atoms with van der Waals surface area (Å²) in [5.74, 6) is -0.0658. The van der Waals surface area contributed by atoms with E-state index in [1.165, 1.54) is 0 Å². The summed E-state index contributed by atoms with van der Waals surface area (Å²) in [5, 5.41) is 0.488. The van der Waals surface area contributed by atoms with Gasteiger partial charge in [0.1, 0.15) is 0 Å². The first-order valence-electron chi connectivity index (χ1n) is 9.99. The number of piperidine rings is 1. The quantitative estimate of drug-likeness (QED) is 0.591. The molecular formula is C20H30ClNO5S. The van der Waals surface area contributed by atoms with Crippen LogP contribution in [-0.2, 0) is 30.0 Å². The van der Waals surface area contributed by atoms with Crippen molar-refractivity contribution in [2.45, 2.75) is 50.1 Å². The van der Waals surface area contributed by atoms with Crippen LogP contribution in [0.25, 0.3) is 0 Å². The average Bonchev–Trinajstić information content (AvgIpc) is 2.67. The van der Waals surface area contributed by atoms with E-state index < -0.39 is 10.0 Å². The van der Waals surface area contributed by atoms with Gasteiger partial charge in [-0.3, -0.25) is 0 Å². The molecule has 28 heavy (non-hydrogen) atoms. The van der Waals surface area contributed by atoms with Gasteiger partial charge in [-0.25, -0.2) is 12.7 Å². The second kappa shape index (κ2) is 9.87. The van der Waals surface area contributed by atoms with Crippen molar-refractivity contribution in [2.75, 3.05) is 39.5 Å². The molecule has 1 aromatic carbocycles. The molecular weight excluding hydrogens is 402 g/mol. The van der Waals surface area contributed by atoms with Gasteiger partial charge in [0.25, 0.3) is 0 Å². The van der Waals surface area contributed by atoms with Gasteiger partial charge in [-0.05, 0) is 37.8 Å². The number of nitrogens with zero attached hydrogens (tertiary/aromatic N) is 1. The molecule has 3 rings (SSSR count). The fraction of sp³-hybridized carbons (Fsp3) is 0.700. The van der Waals surface area contributed by atoms with Gasteiger partial charge >= 0.3 is 0 Å². The van der Waals surface area contributed by atoms with Crippen LogP contribution in [0.4, 0.5) is 0 Å². The van der Waals surface area contributed by atoms with E-state index in [0.29, 0.717) is 62.9 Å². The van der Waals surface area contributed by atoms with Crippen LogP contribution in [0.1, 0.15) is 38.2 Å². The number of benzene rings is 1. The minimum Gasteiger partial charge on any atom is -0.379 e. The smallest absolute Gasteiger partial charge is 0.218 e. The lowest BCUT2D eigenvalue weighted by molar-refractivity contribution is -0.153. The molecule has 2 fully saturated rings. The van der Waals surface area contributed by atoms with Crippen LogP contribution in [0.5, 0.6) is 0 Å². The summed E-state index contributed by atoms with van der Waals surface area (Å²) < 4.78 is 44.6. The third-order valence-corrected chi connectivity index (χ3v) is 7.75. The lowest BCUT2D eigenvalue weighted by Crippen LogP contribution is -2.52. The minimum absolute atomic E-state index is 0.0658.